The Labute approximate surface area is 150 Å². The minimum atomic E-state index is -0.479. The van der Waals surface area contributed by atoms with E-state index in [-0.39, 0.29) is 5.91 Å². The second-order valence-corrected chi connectivity index (χ2v) is 7.85. The van der Waals surface area contributed by atoms with E-state index in [1.807, 2.05) is 16.9 Å². The number of carbonyl (C=O) groups is 1. The Bertz CT molecular complexity index is 552. The highest BCUT2D eigenvalue weighted by Gasteiger charge is 2.45. The maximum absolute atomic E-state index is 13.5. The molecule has 3 aliphatic heterocycles. The monoisotopic (exact) mass is 345 g/mol. The Morgan fingerprint density at radius 2 is 1.76 bits per heavy atom. The fourth-order valence-corrected chi connectivity index (χ4v) is 4.92. The molecule has 1 N–H and O–H groups in total. The second kappa shape index (κ2) is 7.46. The van der Waals surface area contributed by atoms with Crippen LogP contribution in [0, 0.1) is 0 Å². The lowest BCUT2D eigenvalue weighted by Gasteiger charge is -2.44. The van der Waals surface area contributed by atoms with Gasteiger partial charge in [0.15, 0.2) is 0 Å². The normalized spacial score (nSPS) is 25.8. The molecule has 0 atom stereocenters. The van der Waals surface area contributed by atoms with Crippen molar-refractivity contribution < 1.29 is 4.79 Å². The molecule has 0 unspecified atom stereocenters. The smallest absolute Gasteiger partial charge is 0.250 e. The summed E-state index contributed by atoms with van der Waals surface area (Å²) in [6, 6.07) is 2.61. The van der Waals surface area contributed by atoms with Gasteiger partial charge in [0.2, 0.25) is 0 Å². The van der Waals surface area contributed by atoms with Crippen LogP contribution in [0.1, 0.15) is 44.9 Å². The number of nitrogens with zero attached hydrogens (tertiary/aromatic N) is 4. The van der Waals surface area contributed by atoms with E-state index >= 15 is 0 Å². The number of amides is 1. The van der Waals surface area contributed by atoms with E-state index in [1.54, 1.807) is 6.20 Å². The van der Waals surface area contributed by atoms with Gasteiger partial charge in [-0.15, -0.1) is 0 Å². The van der Waals surface area contributed by atoms with Gasteiger partial charge in [0.1, 0.15) is 5.54 Å². The number of rotatable bonds is 3. The molecule has 1 amide bonds. The van der Waals surface area contributed by atoms with E-state index in [1.165, 1.54) is 32.4 Å². The maximum Gasteiger partial charge on any atom is 0.250 e. The molecule has 3 aliphatic rings. The Kier molecular flexibility index (Phi) is 5.08. The van der Waals surface area contributed by atoms with E-state index in [9.17, 15) is 4.79 Å². The lowest BCUT2D eigenvalue weighted by molar-refractivity contribution is -0.144. The first-order valence-corrected chi connectivity index (χ1v) is 10.0. The highest BCUT2D eigenvalue weighted by molar-refractivity contribution is 5.84. The average Bonchev–Trinajstić information content (AvgIpc) is 3.24. The number of piperidine rings is 3. The van der Waals surface area contributed by atoms with Crippen LogP contribution >= 0.6 is 0 Å². The fourth-order valence-electron chi connectivity index (χ4n) is 4.92. The lowest BCUT2D eigenvalue weighted by Crippen LogP contribution is -2.58. The number of hydrogen-bond donors (Lipinski definition) is 1. The van der Waals surface area contributed by atoms with Gasteiger partial charge in [-0.05, 0) is 70.8 Å². The Hall–Kier alpha value is -1.40. The summed E-state index contributed by atoms with van der Waals surface area (Å²) in [6.45, 7) is 6.07. The number of nitrogens with one attached hydrogen (secondary N) is 1. The van der Waals surface area contributed by atoms with Crippen molar-refractivity contribution in [3.63, 3.8) is 0 Å². The van der Waals surface area contributed by atoms with E-state index in [4.69, 9.17) is 0 Å². The number of aromatic nitrogens is 2. The third kappa shape index (κ3) is 3.34. The van der Waals surface area contributed by atoms with Crippen molar-refractivity contribution in [1.82, 2.24) is 24.9 Å². The van der Waals surface area contributed by atoms with Gasteiger partial charge >= 0.3 is 0 Å². The van der Waals surface area contributed by atoms with Gasteiger partial charge in [0.05, 0.1) is 0 Å². The summed E-state index contributed by atoms with van der Waals surface area (Å²) >= 11 is 0. The molecule has 0 spiro atoms. The molecule has 1 aromatic heterocycles. The largest absolute Gasteiger partial charge is 0.340 e. The molecule has 0 aliphatic carbocycles. The zero-order chi connectivity index (χ0) is 17.1. The van der Waals surface area contributed by atoms with Crippen molar-refractivity contribution in [3.05, 3.63) is 18.5 Å². The highest BCUT2D eigenvalue weighted by atomic mass is 16.2. The molecule has 4 heterocycles. The molecular formula is C19H31N5O. The van der Waals surface area contributed by atoms with Gasteiger partial charge in [0, 0.05) is 31.5 Å². The topological polar surface area (TPSA) is 53.4 Å². The SMILES string of the molecule is O=C(N1CCC(N2CCCCC2)CC1)C1(n2cccn2)CCNCC1. The quantitative estimate of drug-likeness (QED) is 0.901. The first-order chi connectivity index (χ1) is 12.3. The third-order valence-corrected chi connectivity index (χ3v) is 6.43. The van der Waals surface area contributed by atoms with Gasteiger partial charge in [-0.1, -0.05) is 6.42 Å². The summed E-state index contributed by atoms with van der Waals surface area (Å²) in [6.07, 6.45) is 11.7. The van der Waals surface area contributed by atoms with Crippen LogP contribution in [0.5, 0.6) is 0 Å². The summed E-state index contributed by atoms with van der Waals surface area (Å²) in [5.74, 6) is 0.287. The molecule has 0 bridgehead atoms. The summed E-state index contributed by atoms with van der Waals surface area (Å²) in [4.78, 5) is 18.3. The lowest BCUT2D eigenvalue weighted by atomic mass is 9.86. The molecule has 3 saturated heterocycles. The minimum absolute atomic E-state index is 0.287. The van der Waals surface area contributed by atoms with Crippen LogP contribution in [0.4, 0.5) is 0 Å². The van der Waals surface area contributed by atoms with Gasteiger partial charge in [-0.2, -0.15) is 5.10 Å². The van der Waals surface area contributed by atoms with Crippen molar-refractivity contribution in [2.45, 2.75) is 56.5 Å². The summed E-state index contributed by atoms with van der Waals surface area (Å²) in [7, 11) is 0. The molecule has 6 heteroatoms. The molecule has 0 radical (unpaired) electrons. The van der Waals surface area contributed by atoms with Gasteiger partial charge < -0.3 is 15.1 Å². The van der Waals surface area contributed by atoms with Crippen molar-refractivity contribution in [3.8, 4) is 0 Å². The standard InChI is InChI=1S/C19H31N5O/c25-18(19(7-10-20-11-8-19)24-14-4-9-21-24)23-15-5-17(6-16-23)22-12-2-1-3-13-22/h4,9,14,17,20H,1-3,5-8,10-13,15-16H2. The maximum atomic E-state index is 13.5. The summed E-state index contributed by atoms with van der Waals surface area (Å²) in [5, 5.41) is 7.84. The van der Waals surface area contributed by atoms with Crippen LogP contribution < -0.4 is 5.32 Å². The van der Waals surface area contributed by atoms with Crippen LogP contribution in [0.15, 0.2) is 18.5 Å². The van der Waals surface area contributed by atoms with Crippen LogP contribution in [-0.4, -0.2) is 70.8 Å². The molecule has 1 aromatic rings. The fraction of sp³-hybridized carbons (Fsp3) is 0.789. The van der Waals surface area contributed by atoms with Gasteiger partial charge in [0.25, 0.3) is 5.91 Å². The molecule has 4 rings (SSSR count). The summed E-state index contributed by atoms with van der Waals surface area (Å²) in [5.41, 5.74) is -0.479. The molecule has 25 heavy (non-hydrogen) atoms. The number of carbonyl (C=O) groups excluding carboxylic acids is 1. The van der Waals surface area contributed by atoms with Crippen LogP contribution in [0.25, 0.3) is 0 Å². The van der Waals surface area contributed by atoms with Crippen molar-refractivity contribution in [2.75, 3.05) is 39.3 Å². The Morgan fingerprint density at radius 3 is 2.40 bits per heavy atom. The molecule has 138 valence electrons. The van der Waals surface area contributed by atoms with Crippen molar-refractivity contribution >= 4 is 5.91 Å². The third-order valence-electron chi connectivity index (χ3n) is 6.43. The van der Waals surface area contributed by atoms with E-state index < -0.39 is 5.54 Å². The Morgan fingerprint density at radius 1 is 1.04 bits per heavy atom. The Balaban J connectivity index is 1.43. The van der Waals surface area contributed by atoms with E-state index in [2.05, 4.69) is 20.2 Å². The molecule has 3 fully saturated rings. The van der Waals surface area contributed by atoms with Crippen LogP contribution in [0.3, 0.4) is 0 Å². The van der Waals surface area contributed by atoms with Gasteiger partial charge in [-0.3, -0.25) is 9.48 Å². The predicted molar refractivity (Wildman–Crippen MR) is 97.3 cm³/mol. The van der Waals surface area contributed by atoms with Crippen LogP contribution in [0.2, 0.25) is 0 Å². The average molecular weight is 345 g/mol. The molecule has 6 nitrogen and oxygen atoms in total. The summed E-state index contributed by atoms with van der Waals surface area (Å²) < 4.78 is 1.92. The first kappa shape index (κ1) is 17.0. The van der Waals surface area contributed by atoms with Gasteiger partial charge in [-0.25, -0.2) is 0 Å². The van der Waals surface area contributed by atoms with E-state index in [0.717, 1.165) is 51.9 Å². The molecule has 0 saturated carbocycles. The first-order valence-electron chi connectivity index (χ1n) is 10.0. The second-order valence-electron chi connectivity index (χ2n) is 7.85. The molecule has 0 aromatic carbocycles. The molecular weight excluding hydrogens is 314 g/mol. The van der Waals surface area contributed by atoms with Crippen molar-refractivity contribution in [2.24, 2.45) is 0 Å². The number of likely N-dealkylation sites (tertiary alicyclic amines) is 2. The number of hydrogen-bond acceptors (Lipinski definition) is 4. The zero-order valence-corrected chi connectivity index (χ0v) is 15.2. The highest BCUT2D eigenvalue weighted by Crippen LogP contribution is 2.31. The zero-order valence-electron chi connectivity index (χ0n) is 15.2. The predicted octanol–water partition coefficient (Wildman–Crippen LogP) is 1.44. The van der Waals surface area contributed by atoms with E-state index in [0.29, 0.717) is 6.04 Å². The van der Waals surface area contributed by atoms with Crippen molar-refractivity contribution in [1.29, 1.82) is 0 Å². The minimum Gasteiger partial charge on any atom is -0.340 e. The van der Waals surface area contributed by atoms with Crippen LogP contribution in [-0.2, 0) is 10.3 Å².